The van der Waals surface area contributed by atoms with Gasteiger partial charge in [0.1, 0.15) is 6.07 Å². The minimum atomic E-state index is -0.342. The van der Waals surface area contributed by atoms with Gasteiger partial charge in [-0.1, -0.05) is 12.1 Å². The number of nitriles is 1. The summed E-state index contributed by atoms with van der Waals surface area (Å²) in [6.07, 6.45) is 0. The van der Waals surface area contributed by atoms with Gasteiger partial charge in [-0.05, 0) is 17.2 Å². The van der Waals surface area contributed by atoms with Crippen LogP contribution in [0.15, 0.2) is 23.3 Å². The number of hydrogen-bond acceptors (Lipinski definition) is 5. The van der Waals surface area contributed by atoms with Crippen molar-refractivity contribution in [3.63, 3.8) is 0 Å². The molecule has 0 saturated heterocycles. The van der Waals surface area contributed by atoms with Gasteiger partial charge in [0.2, 0.25) is 5.71 Å². The number of nitrogens with one attached hydrogen (secondary N) is 3. The molecule has 6 heteroatoms. The zero-order valence-corrected chi connectivity index (χ0v) is 9.12. The fourth-order valence-corrected chi connectivity index (χ4v) is 1.70. The highest BCUT2D eigenvalue weighted by atomic mass is 15.3. The van der Waals surface area contributed by atoms with Gasteiger partial charge in [-0.25, -0.2) is 0 Å². The van der Waals surface area contributed by atoms with Crippen LogP contribution in [0.25, 0.3) is 0 Å². The molecule has 1 heterocycles. The summed E-state index contributed by atoms with van der Waals surface area (Å²) in [6, 6.07) is 7.60. The summed E-state index contributed by atoms with van der Waals surface area (Å²) in [7, 11) is 0. The molecule has 0 aliphatic carbocycles. The minimum Gasteiger partial charge on any atom is -0.382 e. The van der Waals surface area contributed by atoms with E-state index in [0.717, 1.165) is 24.3 Å². The maximum absolute atomic E-state index is 8.71. The molecule has 0 aromatic heterocycles. The standard InChI is InChI=1S/C11H12N6/c12-4-10(11(13)14)17-16-9-3-1-2-7-5-15-6-8(7)9/h1-3,15-16H,5-6H2,(H3,13,14)/b17-10+. The molecule has 0 spiro atoms. The van der Waals surface area contributed by atoms with E-state index in [1.54, 1.807) is 6.07 Å². The van der Waals surface area contributed by atoms with Crippen molar-refractivity contribution in [2.24, 2.45) is 10.8 Å². The van der Waals surface area contributed by atoms with Crippen LogP contribution in [0.5, 0.6) is 0 Å². The summed E-state index contributed by atoms with van der Waals surface area (Å²) in [5.74, 6) is -0.342. The smallest absolute Gasteiger partial charge is 0.201 e. The Balaban J connectivity index is 2.24. The molecule has 0 bridgehead atoms. The predicted octanol–water partition coefficient (Wildman–Crippen LogP) is 0.517. The first kappa shape index (κ1) is 11.1. The Morgan fingerprint density at radius 3 is 3.06 bits per heavy atom. The highest BCUT2D eigenvalue weighted by Gasteiger charge is 2.13. The average molecular weight is 228 g/mol. The number of hydrogen-bond donors (Lipinski definition) is 4. The molecule has 0 amide bonds. The van der Waals surface area contributed by atoms with E-state index in [0.29, 0.717) is 0 Å². The van der Waals surface area contributed by atoms with E-state index in [1.807, 2.05) is 18.2 Å². The summed E-state index contributed by atoms with van der Waals surface area (Å²) < 4.78 is 0. The first-order chi connectivity index (χ1) is 8.22. The van der Waals surface area contributed by atoms with Gasteiger partial charge in [0, 0.05) is 13.1 Å². The van der Waals surface area contributed by atoms with Crippen LogP contribution in [0, 0.1) is 16.7 Å². The molecule has 0 unspecified atom stereocenters. The van der Waals surface area contributed by atoms with E-state index in [4.69, 9.17) is 16.4 Å². The van der Waals surface area contributed by atoms with Crippen LogP contribution in [0.4, 0.5) is 5.69 Å². The first-order valence-corrected chi connectivity index (χ1v) is 5.12. The molecule has 17 heavy (non-hydrogen) atoms. The van der Waals surface area contributed by atoms with Crippen LogP contribution in [0.1, 0.15) is 11.1 Å². The van der Waals surface area contributed by atoms with Gasteiger partial charge in [0.25, 0.3) is 0 Å². The lowest BCUT2D eigenvalue weighted by molar-refractivity contribution is 0.765. The van der Waals surface area contributed by atoms with Gasteiger partial charge in [0.05, 0.1) is 5.69 Å². The Hall–Kier alpha value is -2.39. The molecule has 0 radical (unpaired) electrons. The normalized spacial score (nSPS) is 13.9. The predicted molar refractivity (Wildman–Crippen MR) is 65.6 cm³/mol. The van der Waals surface area contributed by atoms with Gasteiger partial charge in [-0.3, -0.25) is 10.8 Å². The number of nitrogens with two attached hydrogens (primary N) is 1. The molecule has 1 aliphatic heterocycles. The van der Waals surface area contributed by atoms with Crippen molar-refractivity contribution < 1.29 is 0 Å². The number of nitrogens with zero attached hydrogens (tertiary/aromatic N) is 2. The maximum Gasteiger partial charge on any atom is 0.201 e. The van der Waals surface area contributed by atoms with E-state index < -0.39 is 0 Å². The first-order valence-electron chi connectivity index (χ1n) is 5.12. The van der Waals surface area contributed by atoms with Crippen molar-refractivity contribution in [3.05, 3.63) is 29.3 Å². The summed E-state index contributed by atoms with van der Waals surface area (Å²) in [5, 5.41) is 22.9. The molecule has 0 saturated carbocycles. The quantitative estimate of drug-likeness (QED) is 0.343. The Morgan fingerprint density at radius 1 is 1.53 bits per heavy atom. The van der Waals surface area contributed by atoms with Crippen LogP contribution in [-0.2, 0) is 13.1 Å². The van der Waals surface area contributed by atoms with E-state index in [-0.39, 0.29) is 11.5 Å². The molecule has 5 N–H and O–H groups in total. The molecular formula is C11H12N6. The van der Waals surface area contributed by atoms with E-state index >= 15 is 0 Å². The SMILES string of the molecule is N#C/C(=N\Nc1cccc2c1CNC2)C(=N)N. The fraction of sp³-hybridized carbons (Fsp3) is 0.182. The molecule has 0 atom stereocenters. The molecule has 1 aliphatic rings. The van der Waals surface area contributed by atoms with Crippen molar-refractivity contribution in [1.82, 2.24) is 5.32 Å². The second-order valence-corrected chi connectivity index (χ2v) is 3.64. The number of anilines is 1. The largest absolute Gasteiger partial charge is 0.382 e. The summed E-state index contributed by atoms with van der Waals surface area (Å²) >= 11 is 0. The maximum atomic E-state index is 8.71. The third-order valence-corrected chi connectivity index (χ3v) is 2.54. The number of benzene rings is 1. The van der Waals surface area contributed by atoms with Crippen molar-refractivity contribution in [3.8, 4) is 6.07 Å². The van der Waals surface area contributed by atoms with Gasteiger partial charge < -0.3 is 11.1 Å². The lowest BCUT2D eigenvalue weighted by atomic mass is 10.1. The summed E-state index contributed by atoms with van der Waals surface area (Å²) in [4.78, 5) is 0. The number of amidine groups is 1. The van der Waals surface area contributed by atoms with E-state index in [1.165, 1.54) is 5.56 Å². The second kappa shape index (κ2) is 4.63. The lowest BCUT2D eigenvalue weighted by Gasteiger charge is -2.06. The molecule has 6 nitrogen and oxygen atoms in total. The van der Waals surface area contributed by atoms with Crippen molar-refractivity contribution in [2.45, 2.75) is 13.1 Å². The topological polar surface area (TPSA) is 110 Å². The highest BCUT2D eigenvalue weighted by molar-refractivity contribution is 6.45. The third-order valence-electron chi connectivity index (χ3n) is 2.54. The van der Waals surface area contributed by atoms with Crippen LogP contribution in [0.3, 0.4) is 0 Å². The Bertz CT molecular complexity index is 525. The third kappa shape index (κ3) is 2.24. The lowest BCUT2D eigenvalue weighted by Crippen LogP contribution is -2.22. The monoisotopic (exact) mass is 228 g/mol. The average Bonchev–Trinajstić information content (AvgIpc) is 2.78. The van der Waals surface area contributed by atoms with Gasteiger partial charge in [-0.15, -0.1) is 0 Å². The molecule has 0 fully saturated rings. The summed E-state index contributed by atoms with van der Waals surface area (Å²) in [5.41, 5.74) is 11.1. The van der Waals surface area contributed by atoms with Gasteiger partial charge >= 0.3 is 0 Å². The van der Waals surface area contributed by atoms with Crippen molar-refractivity contribution >= 4 is 17.2 Å². The van der Waals surface area contributed by atoms with Crippen LogP contribution < -0.4 is 16.5 Å². The Labute approximate surface area is 98.6 Å². The number of rotatable bonds is 3. The van der Waals surface area contributed by atoms with Crippen LogP contribution in [-0.4, -0.2) is 11.5 Å². The molecule has 1 aromatic carbocycles. The zero-order chi connectivity index (χ0) is 12.3. The van der Waals surface area contributed by atoms with Crippen LogP contribution >= 0.6 is 0 Å². The van der Waals surface area contributed by atoms with Gasteiger partial charge in [0.15, 0.2) is 5.84 Å². The van der Waals surface area contributed by atoms with Crippen molar-refractivity contribution in [2.75, 3.05) is 5.43 Å². The number of hydrazone groups is 1. The second-order valence-electron chi connectivity index (χ2n) is 3.64. The Morgan fingerprint density at radius 2 is 2.35 bits per heavy atom. The van der Waals surface area contributed by atoms with Crippen molar-refractivity contribution in [1.29, 1.82) is 10.7 Å². The fourth-order valence-electron chi connectivity index (χ4n) is 1.70. The molecule has 86 valence electrons. The zero-order valence-electron chi connectivity index (χ0n) is 9.12. The van der Waals surface area contributed by atoms with Crippen LogP contribution in [0.2, 0.25) is 0 Å². The molecular weight excluding hydrogens is 216 g/mol. The highest BCUT2D eigenvalue weighted by Crippen LogP contribution is 2.23. The summed E-state index contributed by atoms with van der Waals surface area (Å²) in [6.45, 7) is 1.61. The molecule has 2 rings (SSSR count). The molecule has 1 aromatic rings. The Kier molecular flexibility index (Phi) is 3.03. The van der Waals surface area contributed by atoms with E-state index in [2.05, 4.69) is 15.8 Å². The minimum absolute atomic E-state index is 0.117. The van der Waals surface area contributed by atoms with Gasteiger partial charge in [-0.2, -0.15) is 10.4 Å². The van der Waals surface area contributed by atoms with E-state index in [9.17, 15) is 0 Å². The number of fused-ring (bicyclic) bond motifs is 1.